The lowest BCUT2D eigenvalue weighted by Crippen LogP contribution is -2.15. The fourth-order valence-electron chi connectivity index (χ4n) is 1.71. The van der Waals surface area contributed by atoms with Gasteiger partial charge in [0.25, 0.3) is 5.91 Å². The number of anilines is 1. The number of pyridine rings is 1. The predicted molar refractivity (Wildman–Crippen MR) is 75.8 cm³/mol. The maximum Gasteiger partial charge on any atom is 0.257 e. The summed E-state index contributed by atoms with van der Waals surface area (Å²) in [6.45, 7) is 3.60. The molecule has 0 aliphatic carbocycles. The van der Waals surface area contributed by atoms with Crippen molar-refractivity contribution in [3.8, 4) is 0 Å². The number of halogens is 2. The third-order valence-corrected chi connectivity index (χ3v) is 3.14. The summed E-state index contributed by atoms with van der Waals surface area (Å²) in [6, 6.07) is 7.91. The molecule has 3 nitrogen and oxygen atoms in total. The van der Waals surface area contributed by atoms with Crippen LogP contribution in [0.5, 0.6) is 0 Å². The molecule has 0 spiro atoms. The van der Waals surface area contributed by atoms with Crippen molar-refractivity contribution < 1.29 is 9.18 Å². The Morgan fingerprint density at radius 1 is 1.26 bits per heavy atom. The maximum absolute atomic E-state index is 13.6. The third-order valence-electron chi connectivity index (χ3n) is 2.65. The lowest BCUT2D eigenvalue weighted by atomic mass is 10.1. The number of amides is 1. The van der Waals surface area contributed by atoms with E-state index in [-0.39, 0.29) is 11.6 Å². The highest BCUT2D eigenvalue weighted by atomic mass is 79.9. The summed E-state index contributed by atoms with van der Waals surface area (Å²) in [5.74, 6) is -0.855. The normalized spacial score (nSPS) is 10.3. The largest absolute Gasteiger partial charge is 0.319 e. The molecule has 1 heterocycles. The standard InChI is InChI=1S/C14H12BrFN2O/c1-8-3-5-11(9(2)17-8)14(19)18-13-6-4-10(15)7-12(13)16/h3-7H,1-2H3,(H,18,19). The first-order valence-corrected chi connectivity index (χ1v) is 6.47. The fraction of sp³-hybridized carbons (Fsp3) is 0.143. The number of rotatable bonds is 2. The Bertz CT molecular complexity index is 643. The molecule has 98 valence electrons. The second-order valence-electron chi connectivity index (χ2n) is 4.16. The van der Waals surface area contributed by atoms with E-state index >= 15 is 0 Å². The Labute approximate surface area is 119 Å². The zero-order valence-electron chi connectivity index (χ0n) is 10.5. The van der Waals surface area contributed by atoms with Gasteiger partial charge in [0, 0.05) is 10.2 Å². The zero-order chi connectivity index (χ0) is 14.0. The SMILES string of the molecule is Cc1ccc(C(=O)Nc2ccc(Br)cc2F)c(C)n1. The zero-order valence-corrected chi connectivity index (χ0v) is 12.1. The number of aromatic nitrogens is 1. The smallest absolute Gasteiger partial charge is 0.257 e. The van der Waals surface area contributed by atoms with Crippen LogP contribution in [0.15, 0.2) is 34.8 Å². The monoisotopic (exact) mass is 322 g/mol. The highest BCUT2D eigenvalue weighted by Gasteiger charge is 2.12. The minimum Gasteiger partial charge on any atom is -0.319 e. The third kappa shape index (κ3) is 3.17. The summed E-state index contributed by atoms with van der Waals surface area (Å²) in [6.07, 6.45) is 0. The summed E-state index contributed by atoms with van der Waals surface area (Å²) >= 11 is 3.16. The van der Waals surface area contributed by atoms with Gasteiger partial charge in [0.15, 0.2) is 0 Å². The van der Waals surface area contributed by atoms with Crippen LogP contribution < -0.4 is 5.32 Å². The van der Waals surface area contributed by atoms with Crippen LogP contribution in [0, 0.1) is 19.7 Å². The molecular formula is C14H12BrFN2O. The van der Waals surface area contributed by atoms with Gasteiger partial charge in [-0.1, -0.05) is 15.9 Å². The van der Waals surface area contributed by atoms with Gasteiger partial charge in [-0.3, -0.25) is 9.78 Å². The van der Waals surface area contributed by atoms with Crippen molar-refractivity contribution in [2.45, 2.75) is 13.8 Å². The second-order valence-corrected chi connectivity index (χ2v) is 5.08. The Hall–Kier alpha value is -1.75. The van der Waals surface area contributed by atoms with Crippen molar-refractivity contribution in [1.82, 2.24) is 4.98 Å². The van der Waals surface area contributed by atoms with Gasteiger partial charge in [0.2, 0.25) is 0 Å². The summed E-state index contributed by atoms with van der Waals surface area (Å²) in [7, 11) is 0. The van der Waals surface area contributed by atoms with Crippen LogP contribution in [0.4, 0.5) is 10.1 Å². The molecule has 19 heavy (non-hydrogen) atoms. The Balaban J connectivity index is 2.25. The molecule has 1 N–H and O–H groups in total. The molecule has 1 aromatic carbocycles. The molecule has 0 aliphatic rings. The molecule has 2 rings (SSSR count). The summed E-state index contributed by atoms with van der Waals surface area (Å²) < 4.78 is 14.3. The van der Waals surface area contributed by atoms with E-state index in [4.69, 9.17) is 0 Å². The number of carbonyl (C=O) groups excluding carboxylic acids is 1. The molecule has 5 heteroatoms. The average molecular weight is 323 g/mol. The second kappa shape index (κ2) is 5.48. The molecule has 1 amide bonds. The first-order valence-electron chi connectivity index (χ1n) is 5.68. The summed E-state index contributed by atoms with van der Waals surface area (Å²) in [5, 5.41) is 2.54. The van der Waals surface area contributed by atoms with E-state index in [0.29, 0.717) is 15.7 Å². The molecule has 0 atom stereocenters. The van der Waals surface area contributed by atoms with E-state index in [0.717, 1.165) is 5.69 Å². The van der Waals surface area contributed by atoms with E-state index in [1.165, 1.54) is 12.1 Å². The van der Waals surface area contributed by atoms with Gasteiger partial charge < -0.3 is 5.32 Å². The molecule has 0 saturated carbocycles. The number of nitrogens with zero attached hydrogens (tertiary/aromatic N) is 1. The number of aryl methyl sites for hydroxylation is 2. The van der Waals surface area contributed by atoms with Gasteiger partial charge in [-0.2, -0.15) is 0 Å². The van der Waals surface area contributed by atoms with Crippen molar-refractivity contribution in [1.29, 1.82) is 0 Å². The van der Waals surface area contributed by atoms with Crippen LogP contribution in [0.1, 0.15) is 21.7 Å². The molecule has 1 aromatic heterocycles. The number of benzene rings is 1. The number of hydrogen-bond acceptors (Lipinski definition) is 2. The minimum absolute atomic E-state index is 0.146. The van der Waals surface area contributed by atoms with E-state index in [2.05, 4.69) is 26.2 Å². The van der Waals surface area contributed by atoms with Crippen LogP contribution in [-0.2, 0) is 0 Å². The first-order chi connectivity index (χ1) is 8.97. The highest BCUT2D eigenvalue weighted by molar-refractivity contribution is 9.10. The number of carbonyl (C=O) groups is 1. The van der Waals surface area contributed by atoms with E-state index in [1.54, 1.807) is 25.1 Å². The summed E-state index contributed by atoms with van der Waals surface area (Å²) in [4.78, 5) is 16.3. The van der Waals surface area contributed by atoms with Crippen molar-refractivity contribution in [3.05, 3.63) is 57.6 Å². The van der Waals surface area contributed by atoms with Crippen LogP contribution in [-0.4, -0.2) is 10.9 Å². The Kier molecular flexibility index (Phi) is 3.95. The van der Waals surface area contributed by atoms with Gasteiger partial charge in [0.05, 0.1) is 16.9 Å². The molecule has 0 aliphatic heterocycles. The molecular weight excluding hydrogens is 311 g/mol. The number of nitrogens with one attached hydrogen (secondary N) is 1. The van der Waals surface area contributed by atoms with Crippen molar-refractivity contribution >= 4 is 27.5 Å². The first kappa shape index (κ1) is 13.7. The van der Waals surface area contributed by atoms with E-state index in [9.17, 15) is 9.18 Å². The van der Waals surface area contributed by atoms with Gasteiger partial charge in [-0.15, -0.1) is 0 Å². The lowest BCUT2D eigenvalue weighted by molar-refractivity contribution is 0.102. The quantitative estimate of drug-likeness (QED) is 0.912. The Morgan fingerprint density at radius 2 is 2.00 bits per heavy atom. The molecule has 0 radical (unpaired) electrons. The molecule has 0 unspecified atom stereocenters. The van der Waals surface area contributed by atoms with Crippen molar-refractivity contribution in [2.75, 3.05) is 5.32 Å². The van der Waals surface area contributed by atoms with Crippen LogP contribution in [0.25, 0.3) is 0 Å². The van der Waals surface area contributed by atoms with Crippen LogP contribution >= 0.6 is 15.9 Å². The molecule has 2 aromatic rings. The van der Waals surface area contributed by atoms with Gasteiger partial charge >= 0.3 is 0 Å². The van der Waals surface area contributed by atoms with Gasteiger partial charge in [-0.05, 0) is 44.2 Å². The average Bonchev–Trinajstić information content (AvgIpc) is 2.32. The Morgan fingerprint density at radius 3 is 2.63 bits per heavy atom. The van der Waals surface area contributed by atoms with E-state index in [1.807, 2.05) is 6.92 Å². The maximum atomic E-state index is 13.6. The minimum atomic E-state index is -0.486. The highest BCUT2D eigenvalue weighted by Crippen LogP contribution is 2.20. The van der Waals surface area contributed by atoms with E-state index < -0.39 is 5.82 Å². The summed E-state index contributed by atoms with van der Waals surface area (Å²) in [5.41, 5.74) is 2.04. The lowest BCUT2D eigenvalue weighted by Gasteiger charge is -2.08. The fourth-order valence-corrected chi connectivity index (χ4v) is 2.04. The van der Waals surface area contributed by atoms with Crippen LogP contribution in [0.3, 0.4) is 0 Å². The molecule has 0 bridgehead atoms. The van der Waals surface area contributed by atoms with Gasteiger partial charge in [-0.25, -0.2) is 4.39 Å². The van der Waals surface area contributed by atoms with Crippen LogP contribution in [0.2, 0.25) is 0 Å². The predicted octanol–water partition coefficient (Wildman–Crippen LogP) is 3.85. The van der Waals surface area contributed by atoms with Crippen molar-refractivity contribution in [2.24, 2.45) is 0 Å². The van der Waals surface area contributed by atoms with Crippen molar-refractivity contribution in [3.63, 3.8) is 0 Å². The number of hydrogen-bond donors (Lipinski definition) is 1. The molecule has 0 saturated heterocycles. The topological polar surface area (TPSA) is 42.0 Å². The molecule has 0 fully saturated rings. The van der Waals surface area contributed by atoms with Gasteiger partial charge in [0.1, 0.15) is 5.82 Å².